The van der Waals surface area contributed by atoms with E-state index in [1.807, 2.05) is 12.1 Å². The van der Waals surface area contributed by atoms with Gasteiger partial charge in [0.25, 0.3) is 0 Å². The normalized spacial score (nSPS) is 16.9. The molecule has 1 unspecified atom stereocenters. The van der Waals surface area contributed by atoms with Crippen LogP contribution in [0.1, 0.15) is 30.4 Å². The van der Waals surface area contributed by atoms with Crippen molar-refractivity contribution < 1.29 is 27.4 Å². The zero-order valence-corrected chi connectivity index (χ0v) is 19.5. The molecule has 0 aromatic heterocycles. The van der Waals surface area contributed by atoms with E-state index >= 15 is 0 Å². The molecule has 1 aromatic rings. The number of halogens is 4. The average molecular weight is 545 g/mol. The van der Waals surface area contributed by atoms with Crippen molar-refractivity contribution >= 4 is 29.9 Å². The number of rotatable bonds is 11. The van der Waals surface area contributed by atoms with Crippen molar-refractivity contribution in [3.63, 3.8) is 0 Å². The monoisotopic (exact) mass is 545 g/mol. The van der Waals surface area contributed by atoms with Crippen molar-refractivity contribution in [1.29, 1.82) is 0 Å². The van der Waals surface area contributed by atoms with Gasteiger partial charge in [-0.25, -0.2) is 0 Å². The molecule has 2 N–H and O–H groups in total. The molecule has 172 valence electrons. The van der Waals surface area contributed by atoms with Crippen molar-refractivity contribution in [1.82, 2.24) is 10.6 Å². The third-order valence-corrected chi connectivity index (χ3v) is 4.30. The van der Waals surface area contributed by atoms with Crippen LogP contribution in [0.3, 0.4) is 0 Å². The first-order chi connectivity index (χ1) is 14.0. The maximum atomic E-state index is 12.2. The lowest BCUT2D eigenvalue weighted by atomic mass is 10.1. The number of aliphatic imine (C=N–C) groups is 1. The van der Waals surface area contributed by atoms with Crippen molar-refractivity contribution in [3.8, 4) is 0 Å². The molecule has 0 radical (unpaired) electrons. The molecule has 10 heteroatoms. The summed E-state index contributed by atoms with van der Waals surface area (Å²) in [6.45, 7) is 2.04. The van der Waals surface area contributed by atoms with Gasteiger partial charge < -0.3 is 24.8 Å². The Bertz CT molecular complexity index is 627. The molecule has 1 atom stereocenters. The molecular formula is C20H31F3IN3O3. The number of hydrogen-bond acceptors (Lipinski definition) is 4. The summed E-state index contributed by atoms with van der Waals surface area (Å²) < 4.78 is 52.3. The molecule has 1 aliphatic heterocycles. The smallest absolute Gasteiger partial charge is 0.379 e. The van der Waals surface area contributed by atoms with Crippen LogP contribution >= 0.6 is 24.0 Å². The third kappa shape index (κ3) is 11.9. The molecule has 1 heterocycles. The summed E-state index contributed by atoms with van der Waals surface area (Å²) in [6.07, 6.45) is -1.04. The summed E-state index contributed by atoms with van der Waals surface area (Å²) in [4.78, 5) is 4.17. The Morgan fingerprint density at radius 2 is 2.03 bits per heavy atom. The van der Waals surface area contributed by atoms with E-state index in [1.54, 1.807) is 19.2 Å². The topological polar surface area (TPSA) is 64.1 Å². The first kappa shape index (κ1) is 26.9. The molecule has 0 bridgehead atoms. The van der Waals surface area contributed by atoms with Crippen LogP contribution in [0.2, 0.25) is 0 Å². The fraction of sp³-hybridized carbons (Fsp3) is 0.650. The zero-order chi connectivity index (χ0) is 21.0. The lowest BCUT2D eigenvalue weighted by Gasteiger charge is -2.13. The average Bonchev–Trinajstić information content (AvgIpc) is 3.19. The van der Waals surface area contributed by atoms with E-state index < -0.39 is 12.8 Å². The molecular weight excluding hydrogens is 514 g/mol. The third-order valence-electron chi connectivity index (χ3n) is 4.30. The Kier molecular flexibility index (Phi) is 13.3. The van der Waals surface area contributed by atoms with E-state index in [4.69, 9.17) is 14.2 Å². The molecule has 6 nitrogen and oxygen atoms in total. The lowest BCUT2D eigenvalue weighted by molar-refractivity contribution is -0.176. The first-order valence-electron chi connectivity index (χ1n) is 9.82. The minimum atomic E-state index is -4.31. The summed E-state index contributed by atoms with van der Waals surface area (Å²) in [5, 5.41) is 6.40. The molecule has 1 aromatic carbocycles. The van der Waals surface area contributed by atoms with Crippen LogP contribution < -0.4 is 10.6 Å². The highest BCUT2D eigenvalue weighted by Crippen LogP contribution is 2.16. The van der Waals surface area contributed by atoms with Gasteiger partial charge in [-0.05, 0) is 30.4 Å². The van der Waals surface area contributed by atoms with Gasteiger partial charge in [-0.2, -0.15) is 13.2 Å². The number of guanidine groups is 1. The number of ether oxygens (including phenoxy) is 3. The molecule has 1 saturated heterocycles. The largest absolute Gasteiger partial charge is 0.411 e. The molecule has 0 amide bonds. The van der Waals surface area contributed by atoms with Gasteiger partial charge in [0, 0.05) is 33.4 Å². The Labute approximate surface area is 193 Å². The van der Waals surface area contributed by atoms with Crippen LogP contribution in [0.25, 0.3) is 0 Å². The molecule has 2 rings (SSSR count). The van der Waals surface area contributed by atoms with Gasteiger partial charge >= 0.3 is 6.18 Å². The van der Waals surface area contributed by atoms with Gasteiger partial charge in [0.15, 0.2) is 5.96 Å². The van der Waals surface area contributed by atoms with E-state index in [9.17, 15) is 13.2 Å². The van der Waals surface area contributed by atoms with Gasteiger partial charge in [-0.1, -0.05) is 24.3 Å². The molecule has 0 aliphatic carbocycles. The fourth-order valence-electron chi connectivity index (χ4n) is 2.89. The number of nitrogens with one attached hydrogen (secondary N) is 2. The summed E-state index contributed by atoms with van der Waals surface area (Å²) in [5.41, 5.74) is 1.63. The van der Waals surface area contributed by atoms with Crippen molar-refractivity contribution in [2.24, 2.45) is 4.99 Å². The molecule has 1 fully saturated rings. The number of alkyl halides is 3. The van der Waals surface area contributed by atoms with E-state index in [-0.39, 0.29) is 36.7 Å². The van der Waals surface area contributed by atoms with E-state index in [0.717, 1.165) is 38.0 Å². The van der Waals surface area contributed by atoms with Crippen LogP contribution in [0, 0.1) is 0 Å². The highest BCUT2D eigenvalue weighted by molar-refractivity contribution is 14.0. The summed E-state index contributed by atoms with van der Waals surface area (Å²) in [7, 11) is 1.69. The lowest BCUT2D eigenvalue weighted by Crippen LogP contribution is -2.37. The maximum absolute atomic E-state index is 12.2. The Morgan fingerprint density at radius 1 is 1.23 bits per heavy atom. The highest BCUT2D eigenvalue weighted by Gasteiger charge is 2.27. The number of hydrogen-bond donors (Lipinski definition) is 2. The Morgan fingerprint density at radius 3 is 2.73 bits per heavy atom. The Balaban J connectivity index is 0.00000450. The maximum Gasteiger partial charge on any atom is 0.411 e. The summed E-state index contributed by atoms with van der Waals surface area (Å²) in [5.74, 6) is 0.655. The fourth-order valence-corrected chi connectivity index (χ4v) is 2.89. The minimum Gasteiger partial charge on any atom is -0.379 e. The molecule has 0 spiro atoms. The van der Waals surface area contributed by atoms with Crippen molar-refractivity contribution in [2.75, 3.05) is 40.0 Å². The predicted molar refractivity (Wildman–Crippen MR) is 120 cm³/mol. The molecule has 0 saturated carbocycles. The van der Waals surface area contributed by atoms with E-state index in [1.165, 1.54) is 0 Å². The first-order valence-corrected chi connectivity index (χ1v) is 9.82. The Hall–Kier alpha value is -1.11. The standard InChI is InChI=1S/C20H30F3N3O3.HI/c1-24-19(25-8-4-9-27-14-18-7-3-10-29-18)26-12-16-5-2-6-17(11-16)13-28-15-20(21,22)23;/h2,5-6,11,18H,3-4,7-10,12-15H2,1H3,(H2,24,25,26);1H. The van der Waals surface area contributed by atoms with E-state index in [0.29, 0.717) is 31.3 Å². The summed E-state index contributed by atoms with van der Waals surface area (Å²) >= 11 is 0. The predicted octanol–water partition coefficient (Wildman–Crippen LogP) is 3.63. The SMILES string of the molecule is CN=C(NCCCOCC1CCCO1)NCc1cccc(COCC(F)(F)F)c1.I. The minimum absolute atomic E-state index is 0. The van der Waals surface area contributed by atoms with Crippen LogP contribution in [0.4, 0.5) is 13.2 Å². The zero-order valence-electron chi connectivity index (χ0n) is 17.2. The molecule has 1 aliphatic rings. The summed E-state index contributed by atoms with van der Waals surface area (Å²) in [6, 6.07) is 7.25. The second-order valence-corrected chi connectivity index (χ2v) is 6.84. The molecule has 30 heavy (non-hydrogen) atoms. The van der Waals surface area contributed by atoms with Gasteiger partial charge in [0.1, 0.15) is 6.61 Å². The van der Waals surface area contributed by atoms with E-state index in [2.05, 4.69) is 15.6 Å². The van der Waals surface area contributed by atoms with Crippen LogP contribution in [0.5, 0.6) is 0 Å². The van der Waals surface area contributed by atoms with Crippen molar-refractivity contribution in [3.05, 3.63) is 35.4 Å². The van der Waals surface area contributed by atoms with Gasteiger partial charge in [0.05, 0.1) is 19.3 Å². The second-order valence-electron chi connectivity index (χ2n) is 6.84. The van der Waals surface area contributed by atoms with Gasteiger partial charge in [-0.3, -0.25) is 4.99 Å². The van der Waals surface area contributed by atoms with Crippen LogP contribution in [-0.4, -0.2) is 58.3 Å². The van der Waals surface area contributed by atoms with Gasteiger partial charge in [-0.15, -0.1) is 24.0 Å². The van der Waals surface area contributed by atoms with Crippen LogP contribution in [-0.2, 0) is 27.4 Å². The number of benzene rings is 1. The van der Waals surface area contributed by atoms with Gasteiger partial charge in [0.2, 0.25) is 0 Å². The quantitative estimate of drug-likeness (QED) is 0.193. The van der Waals surface area contributed by atoms with Crippen molar-refractivity contribution in [2.45, 2.75) is 44.7 Å². The highest BCUT2D eigenvalue weighted by atomic mass is 127. The second kappa shape index (κ2) is 14.8. The number of nitrogens with zero attached hydrogens (tertiary/aromatic N) is 1. The van der Waals surface area contributed by atoms with Crippen LogP contribution in [0.15, 0.2) is 29.3 Å².